The summed E-state index contributed by atoms with van der Waals surface area (Å²) in [4.78, 5) is 16.8. The topological polar surface area (TPSA) is 131 Å². The zero-order valence-corrected chi connectivity index (χ0v) is 27.0. The number of halogens is 1. The minimum Gasteiger partial charge on any atom is -0.755 e. The highest BCUT2D eigenvalue weighted by Crippen LogP contribution is 2.27. The van der Waals surface area contributed by atoms with Gasteiger partial charge in [-0.3, -0.25) is 13.5 Å². The number of carboxylic acids is 1. The Morgan fingerprint density at radius 3 is 2.30 bits per heavy atom. The van der Waals surface area contributed by atoms with Gasteiger partial charge in [0.2, 0.25) is 10.0 Å². The van der Waals surface area contributed by atoms with E-state index in [9.17, 15) is 31.5 Å². The molecule has 0 aliphatic heterocycles. The third-order valence-electron chi connectivity index (χ3n) is 7.67. The first-order valence-electron chi connectivity index (χ1n) is 15.0. The van der Waals surface area contributed by atoms with Gasteiger partial charge in [-0.15, -0.1) is 0 Å². The highest BCUT2D eigenvalue weighted by molar-refractivity contribution is 7.92. The molecule has 1 atom stereocenters. The first-order chi connectivity index (χ1) is 22.6. The number of aryl methyl sites for hydroxylation is 2. The van der Waals surface area contributed by atoms with Crippen LogP contribution in [0.2, 0.25) is 0 Å². The molecule has 0 amide bonds. The van der Waals surface area contributed by atoms with Crippen LogP contribution in [-0.4, -0.2) is 46.3 Å². The Morgan fingerprint density at radius 1 is 0.830 bits per heavy atom. The van der Waals surface area contributed by atoms with E-state index < -0.39 is 33.1 Å². The lowest BCUT2D eigenvalue weighted by Gasteiger charge is -2.28. The minimum absolute atomic E-state index is 0.0182. The smallest absolute Gasteiger partial charge is 0.337 e. The Balaban J connectivity index is 1.31. The number of carboxylic acid groups (broad SMARTS) is 1. The molecule has 1 unspecified atom stereocenters. The van der Waals surface area contributed by atoms with Crippen LogP contribution in [0.15, 0.2) is 109 Å². The number of hydrogen-bond acceptors (Lipinski definition) is 6. The molecule has 47 heavy (non-hydrogen) atoms. The van der Waals surface area contributed by atoms with Crippen molar-refractivity contribution in [3.63, 3.8) is 0 Å². The number of para-hydroxylation sites is 2. The summed E-state index contributed by atoms with van der Waals surface area (Å²) in [5.74, 6) is -2.14. The molecule has 244 valence electrons. The summed E-state index contributed by atoms with van der Waals surface area (Å²) in [5.41, 5.74) is 3.47. The van der Waals surface area contributed by atoms with Gasteiger partial charge in [0.05, 0.1) is 22.5 Å². The van der Waals surface area contributed by atoms with E-state index >= 15 is 0 Å². The van der Waals surface area contributed by atoms with Gasteiger partial charge >= 0.3 is 5.97 Å². The summed E-state index contributed by atoms with van der Waals surface area (Å²) in [6.07, 6.45) is 1.80. The second-order valence-electron chi connectivity index (χ2n) is 11.0. The fourth-order valence-electron chi connectivity index (χ4n) is 5.37. The van der Waals surface area contributed by atoms with E-state index in [1.165, 1.54) is 30.3 Å². The number of rotatable bonds is 15. The first kappa shape index (κ1) is 33.7. The summed E-state index contributed by atoms with van der Waals surface area (Å²) < 4.78 is 67.2. The normalized spacial score (nSPS) is 12.1. The van der Waals surface area contributed by atoms with Crippen molar-refractivity contribution < 1.29 is 31.5 Å². The Morgan fingerprint density at radius 2 is 1.53 bits per heavy atom. The standard InChI is InChI=1S/C35H34FN3O6S2/c36-29-16-20-31(21-17-29)38(46(42)43)22-5-6-23-39(34-13-4-2-11-32(34)35(40)41)47(44,45)25-27-9-7-8-26(24-27)14-18-30-19-15-28-10-1-3-12-33(28)37-30/h1-4,7-13,15-17,19-21,24H,5-6,14,18,22-23,25H2,(H,40,41)(H,42,43)/p-1. The number of hydrogen-bond donors (Lipinski definition) is 1. The predicted octanol–water partition coefficient (Wildman–Crippen LogP) is 6.27. The number of nitrogens with zero attached hydrogens (tertiary/aromatic N) is 3. The second kappa shape index (κ2) is 15.3. The molecule has 4 aromatic carbocycles. The van der Waals surface area contributed by atoms with E-state index in [1.54, 1.807) is 18.2 Å². The number of pyridine rings is 1. The Hall–Kier alpha value is -4.65. The molecule has 1 N–H and O–H groups in total. The largest absolute Gasteiger partial charge is 0.755 e. The number of benzene rings is 4. The Labute approximate surface area is 275 Å². The number of aromatic nitrogens is 1. The van der Waals surface area contributed by atoms with Crippen LogP contribution in [0.3, 0.4) is 0 Å². The van der Waals surface area contributed by atoms with Crippen LogP contribution in [0.5, 0.6) is 0 Å². The van der Waals surface area contributed by atoms with Crippen molar-refractivity contribution >= 4 is 49.5 Å². The van der Waals surface area contributed by atoms with Crippen molar-refractivity contribution in [3.05, 3.63) is 137 Å². The molecular formula is C35H33FN3O6S2-. The van der Waals surface area contributed by atoms with Crippen LogP contribution in [0.4, 0.5) is 15.8 Å². The van der Waals surface area contributed by atoms with Crippen LogP contribution >= 0.6 is 0 Å². The average molecular weight is 675 g/mol. The van der Waals surface area contributed by atoms with Crippen LogP contribution in [0.25, 0.3) is 10.9 Å². The lowest BCUT2D eigenvalue weighted by Crippen LogP contribution is -2.35. The van der Waals surface area contributed by atoms with Gasteiger partial charge in [-0.1, -0.05) is 60.7 Å². The molecule has 9 nitrogen and oxygen atoms in total. The van der Waals surface area contributed by atoms with Gasteiger partial charge in [-0.05, 0) is 85.3 Å². The quantitative estimate of drug-likeness (QED) is 0.102. The fraction of sp³-hybridized carbons (Fsp3) is 0.200. The lowest BCUT2D eigenvalue weighted by molar-refractivity contribution is 0.0697. The van der Waals surface area contributed by atoms with E-state index in [2.05, 4.69) is 0 Å². The van der Waals surface area contributed by atoms with Gasteiger partial charge in [0.25, 0.3) is 0 Å². The summed E-state index contributed by atoms with van der Waals surface area (Å²) in [7, 11) is -4.09. The molecule has 1 aromatic heterocycles. The van der Waals surface area contributed by atoms with Crippen LogP contribution in [0.1, 0.15) is 40.0 Å². The Bertz CT molecular complexity index is 1990. The van der Waals surface area contributed by atoms with Crippen LogP contribution in [-0.2, 0) is 39.9 Å². The van der Waals surface area contributed by atoms with Crippen LogP contribution < -0.4 is 8.61 Å². The monoisotopic (exact) mass is 674 g/mol. The second-order valence-corrected chi connectivity index (χ2v) is 13.7. The molecule has 5 rings (SSSR count). The maximum Gasteiger partial charge on any atom is 0.337 e. The Kier molecular flexibility index (Phi) is 11.0. The zero-order valence-electron chi connectivity index (χ0n) is 25.4. The number of fused-ring (bicyclic) bond motifs is 1. The summed E-state index contributed by atoms with van der Waals surface area (Å²) in [5, 5.41) is 10.9. The lowest BCUT2D eigenvalue weighted by atomic mass is 10.0. The van der Waals surface area contributed by atoms with Crippen molar-refractivity contribution in [2.24, 2.45) is 0 Å². The van der Waals surface area contributed by atoms with Crippen molar-refractivity contribution in [3.8, 4) is 0 Å². The molecule has 0 saturated carbocycles. The number of sulfonamides is 1. The van der Waals surface area contributed by atoms with Gasteiger partial charge in [0.1, 0.15) is 5.82 Å². The molecule has 0 bridgehead atoms. The SMILES string of the molecule is O=C(O)c1ccccc1N(CCCCN(c1ccc(F)cc1)S(=O)[O-])S(=O)(=O)Cc1cccc(CCc2ccc3ccccc3n2)c1. The number of aromatic carboxylic acids is 1. The van der Waals surface area contributed by atoms with Gasteiger partial charge in [-0.25, -0.2) is 17.6 Å². The van der Waals surface area contributed by atoms with E-state index in [1.807, 2.05) is 48.5 Å². The maximum atomic E-state index is 14.0. The maximum absolute atomic E-state index is 14.0. The molecule has 0 fully saturated rings. The van der Waals surface area contributed by atoms with Crippen molar-refractivity contribution in [2.45, 2.75) is 31.4 Å². The van der Waals surface area contributed by atoms with Crippen molar-refractivity contribution in [1.29, 1.82) is 0 Å². The highest BCUT2D eigenvalue weighted by Gasteiger charge is 2.27. The summed E-state index contributed by atoms with van der Waals surface area (Å²) in [6.45, 7) is -0.0625. The molecule has 0 spiro atoms. The molecule has 0 radical (unpaired) electrons. The molecule has 5 aromatic rings. The number of unbranched alkanes of at least 4 members (excludes halogenated alkanes) is 1. The number of carbonyl (C=O) groups is 1. The first-order valence-corrected chi connectivity index (χ1v) is 17.6. The summed E-state index contributed by atoms with van der Waals surface area (Å²) in [6, 6.07) is 30.1. The van der Waals surface area contributed by atoms with Crippen molar-refractivity contribution in [2.75, 3.05) is 21.7 Å². The van der Waals surface area contributed by atoms with E-state index in [4.69, 9.17) is 4.98 Å². The zero-order chi connectivity index (χ0) is 33.4. The van der Waals surface area contributed by atoms with Gasteiger partial charge < -0.3 is 14.0 Å². The fourth-order valence-corrected chi connectivity index (χ4v) is 7.57. The average Bonchev–Trinajstić information content (AvgIpc) is 3.05. The molecule has 1 heterocycles. The third-order valence-corrected chi connectivity index (χ3v) is 10.2. The van der Waals surface area contributed by atoms with E-state index in [-0.39, 0.29) is 48.6 Å². The van der Waals surface area contributed by atoms with E-state index in [0.29, 0.717) is 18.4 Å². The minimum atomic E-state index is -4.09. The number of anilines is 2. The van der Waals surface area contributed by atoms with Crippen molar-refractivity contribution in [1.82, 2.24) is 4.98 Å². The third kappa shape index (κ3) is 8.79. The van der Waals surface area contributed by atoms with Gasteiger partial charge in [0.15, 0.2) is 0 Å². The molecule has 12 heteroatoms. The van der Waals surface area contributed by atoms with Crippen LogP contribution in [0, 0.1) is 5.82 Å². The molecular weight excluding hydrogens is 642 g/mol. The molecule has 0 saturated heterocycles. The summed E-state index contributed by atoms with van der Waals surface area (Å²) >= 11 is -2.64. The van der Waals surface area contributed by atoms with Gasteiger partial charge in [-0.2, -0.15) is 0 Å². The predicted molar refractivity (Wildman–Crippen MR) is 181 cm³/mol. The van der Waals surface area contributed by atoms with Gasteiger partial charge in [0, 0.05) is 41.1 Å². The highest BCUT2D eigenvalue weighted by atomic mass is 32.2. The molecule has 0 aliphatic rings. The molecule has 0 aliphatic carbocycles. The van der Waals surface area contributed by atoms with E-state index in [0.717, 1.165) is 42.9 Å².